The fourth-order valence-corrected chi connectivity index (χ4v) is 4.09. The quantitative estimate of drug-likeness (QED) is 0.190. The average Bonchev–Trinajstić information content (AvgIpc) is 3.32. The Balaban J connectivity index is 1.83. The van der Waals surface area contributed by atoms with Crippen LogP contribution >= 0.6 is 0 Å². The fourth-order valence-electron chi connectivity index (χ4n) is 4.09. The highest BCUT2D eigenvalue weighted by Gasteiger charge is 2.56. The number of nitrogens with two attached hydrogens (primary N) is 1. The van der Waals surface area contributed by atoms with Gasteiger partial charge in [0.05, 0.1) is 24.7 Å². The Morgan fingerprint density at radius 3 is 2.44 bits per heavy atom. The zero-order chi connectivity index (χ0) is 31.9. The van der Waals surface area contributed by atoms with Gasteiger partial charge in [-0.1, -0.05) is 18.2 Å². The molecule has 0 saturated heterocycles. The van der Waals surface area contributed by atoms with Crippen LogP contribution in [-0.4, -0.2) is 57.9 Å². The van der Waals surface area contributed by atoms with Gasteiger partial charge < -0.3 is 30.7 Å². The summed E-state index contributed by atoms with van der Waals surface area (Å²) in [7, 11) is 1.08. The van der Waals surface area contributed by atoms with Crippen LogP contribution < -0.4 is 21.9 Å². The van der Waals surface area contributed by atoms with Crippen molar-refractivity contribution in [3.05, 3.63) is 70.4 Å². The van der Waals surface area contributed by atoms with E-state index in [9.17, 15) is 45.5 Å². The number of alkyl halides is 6. The first-order chi connectivity index (χ1) is 20.1. The molecule has 3 amide bonds. The Bertz CT molecular complexity index is 1550. The first-order valence-corrected chi connectivity index (χ1v) is 12.5. The lowest BCUT2D eigenvalue weighted by molar-refractivity contribution is -0.283. The first-order valence-electron chi connectivity index (χ1n) is 12.5. The van der Waals surface area contributed by atoms with E-state index in [0.29, 0.717) is 0 Å². The Kier molecular flexibility index (Phi) is 10.2. The number of rotatable bonds is 11. The van der Waals surface area contributed by atoms with Gasteiger partial charge in [-0.2, -0.15) is 26.3 Å². The summed E-state index contributed by atoms with van der Waals surface area (Å²) in [6.45, 7) is -0.277. The highest BCUT2D eigenvalue weighted by molar-refractivity contribution is 5.96. The Hall–Kier alpha value is -4.83. The number of carbonyl (C=O) groups is 3. The molecule has 3 aromatic rings. The van der Waals surface area contributed by atoms with E-state index < -0.39 is 54.2 Å². The molecule has 1 aromatic carbocycles. The van der Waals surface area contributed by atoms with E-state index in [1.54, 1.807) is 0 Å². The number of methoxy groups -OCH3 is 1. The molecule has 232 valence electrons. The standard InChI is InChI=1S/C26H26F6N6O5/c1-43-24(42)36-16(7-2-3-10-19(33)39)22(40)35-17-9-5-11-38(23(17)41)13-20-34-15-8-4-6-14(21(15)37-20)12-18(25(27,28)29)26(30,31)32/h3-6,8-11,16,18H,2,7,12-13H2,1H3,(H2,33,39)(H,34,37)(H,35,40)(H,36,42)/b10-3+. The number of fused-ring (bicyclic) bond motifs is 1. The molecule has 43 heavy (non-hydrogen) atoms. The summed E-state index contributed by atoms with van der Waals surface area (Å²) in [4.78, 5) is 55.4. The minimum absolute atomic E-state index is 0.0105. The second-order valence-corrected chi connectivity index (χ2v) is 9.25. The van der Waals surface area contributed by atoms with Crippen LogP contribution in [-0.2, 0) is 27.3 Å². The molecule has 0 aliphatic heterocycles. The maximum atomic E-state index is 13.1. The lowest BCUT2D eigenvalue weighted by Crippen LogP contribution is -2.44. The van der Waals surface area contributed by atoms with Gasteiger partial charge >= 0.3 is 18.4 Å². The fraction of sp³-hybridized carbons (Fsp3) is 0.346. The number of alkyl carbamates (subject to hydrolysis) is 1. The number of imidazole rings is 1. The van der Waals surface area contributed by atoms with Crippen molar-refractivity contribution in [2.75, 3.05) is 12.4 Å². The Morgan fingerprint density at radius 1 is 1.12 bits per heavy atom. The summed E-state index contributed by atoms with van der Waals surface area (Å²) < 4.78 is 84.5. The summed E-state index contributed by atoms with van der Waals surface area (Å²) in [6.07, 6.45) is -9.39. The molecule has 0 aliphatic rings. The number of benzene rings is 1. The number of H-pyrrole nitrogens is 1. The summed E-state index contributed by atoms with van der Waals surface area (Å²) >= 11 is 0. The van der Waals surface area contributed by atoms with Gasteiger partial charge in [0.25, 0.3) is 5.56 Å². The number of aromatic amines is 1. The molecule has 0 fully saturated rings. The number of primary amides is 1. The maximum Gasteiger partial charge on any atom is 0.407 e. The number of para-hydroxylation sites is 1. The molecule has 0 aliphatic carbocycles. The summed E-state index contributed by atoms with van der Waals surface area (Å²) in [5.74, 6) is -5.04. The molecule has 1 atom stereocenters. The molecule has 11 nitrogen and oxygen atoms in total. The second kappa shape index (κ2) is 13.4. The smallest absolute Gasteiger partial charge is 0.407 e. The summed E-state index contributed by atoms with van der Waals surface area (Å²) in [5.41, 5.74) is 3.85. The topological polar surface area (TPSA) is 161 Å². The molecule has 17 heteroatoms. The van der Waals surface area contributed by atoms with Gasteiger partial charge in [0.15, 0.2) is 5.92 Å². The number of nitrogens with zero attached hydrogens (tertiary/aromatic N) is 2. The van der Waals surface area contributed by atoms with Crippen molar-refractivity contribution in [1.82, 2.24) is 19.9 Å². The number of anilines is 1. The van der Waals surface area contributed by atoms with Gasteiger partial charge in [0, 0.05) is 6.20 Å². The van der Waals surface area contributed by atoms with E-state index in [0.717, 1.165) is 23.8 Å². The molecule has 0 bridgehead atoms. The largest absolute Gasteiger partial charge is 0.453 e. The van der Waals surface area contributed by atoms with Gasteiger partial charge in [-0.25, -0.2) is 9.78 Å². The predicted octanol–water partition coefficient (Wildman–Crippen LogP) is 3.54. The zero-order valence-electron chi connectivity index (χ0n) is 22.4. The van der Waals surface area contributed by atoms with Gasteiger partial charge in [0.2, 0.25) is 11.8 Å². The van der Waals surface area contributed by atoms with Gasteiger partial charge in [-0.15, -0.1) is 0 Å². The molecule has 0 radical (unpaired) electrons. The highest BCUT2D eigenvalue weighted by Crippen LogP contribution is 2.41. The number of aromatic nitrogens is 3. The van der Waals surface area contributed by atoms with Gasteiger partial charge in [-0.3, -0.25) is 14.4 Å². The van der Waals surface area contributed by atoms with Gasteiger partial charge in [0.1, 0.15) is 17.6 Å². The van der Waals surface area contributed by atoms with E-state index >= 15 is 0 Å². The number of ether oxygens (including phenoxy) is 1. The first kappa shape index (κ1) is 32.7. The van der Waals surface area contributed by atoms with E-state index in [1.165, 1.54) is 36.5 Å². The minimum Gasteiger partial charge on any atom is -0.453 e. The van der Waals surface area contributed by atoms with Crippen LogP contribution in [0.3, 0.4) is 0 Å². The van der Waals surface area contributed by atoms with E-state index in [2.05, 4.69) is 25.3 Å². The number of pyridine rings is 1. The second-order valence-electron chi connectivity index (χ2n) is 9.25. The lowest BCUT2D eigenvalue weighted by atomic mass is 9.97. The van der Waals surface area contributed by atoms with Crippen molar-refractivity contribution in [3.8, 4) is 0 Å². The molecule has 1 unspecified atom stereocenters. The molecule has 3 rings (SSSR count). The number of allylic oxidation sites excluding steroid dienone is 1. The normalized spacial score (nSPS) is 12.9. The third-order valence-electron chi connectivity index (χ3n) is 6.16. The Labute approximate surface area is 239 Å². The van der Waals surface area contributed by atoms with Crippen molar-refractivity contribution < 1.29 is 45.5 Å². The van der Waals surface area contributed by atoms with Crippen LogP contribution in [0.2, 0.25) is 0 Å². The minimum atomic E-state index is -5.52. The van der Waals surface area contributed by atoms with Gasteiger partial charge in [-0.05, 0) is 49.1 Å². The Morgan fingerprint density at radius 2 is 1.81 bits per heavy atom. The summed E-state index contributed by atoms with van der Waals surface area (Å²) in [6, 6.07) is 5.32. The molecular formula is C26H26F6N6O5. The van der Waals surface area contributed by atoms with E-state index in [4.69, 9.17) is 5.73 Å². The molecule has 2 aromatic heterocycles. The van der Waals surface area contributed by atoms with E-state index in [1.807, 2.05) is 0 Å². The van der Waals surface area contributed by atoms with Crippen molar-refractivity contribution in [3.63, 3.8) is 0 Å². The summed E-state index contributed by atoms with van der Waals surface area (Å²) in [5, 5.41) is 4.71. The van der Waals surface area contributed by atoms with Crippen molar-refractivity contribution in [1.29, 1.82) is 0 Å². The molecule has 2 heterocycles. The maximum absolute atomic E-state index is 13.1. The van der Waals surface area contributed by atoms with Crippen LogP contribution in [0.15, 0.2) is 53.5 Å². The zero-order valence-corrected chi connectivity index (χ0v) is 22.4. The van der Waals surface area contributed by atoms with Crippen molar-refractivity contribution in [2.45, 2.75) is 44.2 Å². The average molecular weight is 617 g/mol. The highest BCUT2D eigenvalue weighted by atomic mass is 19.4. The number of halogens is 6. The van der Waals surface area contributed by atoms with Crippen molar-refractivity contribution >= 4 is 34.6 Å². The monoisotopic (exact) mass is 616 g/mol. The predicted molar refractivity (Wildman–Crippen MR) is 141 cm³/mol. The van der Waals surface area contributed by atoms with Crippen LogP contribution in [0, 0.1) is 5.92 Å². The van der Waals surface area contributed by atoms with Crippen LogP contribution in [0.5, 0.6) is 0 Å². The molecule has 0 spiro atoms. The lowest BCUT2D eigenvalue weighted by Gasteiger charge is -2.23. The number of amides is 3. The molecule has 0 saturated carbocycles. The van der Waals surface area contributed by atoms with Crippen LogP contribution in [0.25, 0.3) is 11.0 Å². The van der Waals surface area contributed by atoms with E-state index in [-0.39, 0.29) is 47.5 Å². The number of carbonyl (C=O) groups excluding carboxylic acids is 3. The van der Waals surface area contributed by atoms with Crippen LogP contribution in [0.4, 0.5) is 36.8 Å². The van der Waals surface area contributed by atoms with Crippen LogP contribution in [0.1, 0.15) is 24.2 Å². The number of nitrogens with one attached hydrogen (secondary N) is 3. The molecular weight excluding hydrogens is 590 g/mol. The third kappa shape index (κ3) is 8.83. The number of hydrogen-bond donors (Lipinski definition) is 4. The molecule has 5 N–H and O–H groups in total. The third-order valence-corrected chi connectivity index (χ3v) is 6.16. The SMILES string of the molecule is COC(=O)NC(CC/C=C/C(N)=O)C(=O)Nc1cccn(Cc2nc3c(CC(C(F)(F)F)C(F)(F)F)cccc3[nH]2)c1=O. The van der Waals surface area contributed by atoms with Crippen molar-refractivity contribution in [2.24, 2.45) is 11.7 Å². The number of hydrogen-bond acceptors (Lipinski definition) is 6.